The van der Waals surface area contributed by atoms with Crippen molar-refractivity contribution in [3.05, 3.63) is 77.0 Å². The minimum Gasteiger partial charge on any atom is -0.484 e. The zero-order chi connectivity index (χ0) is 25.9. The smallest absolute Gasteiger partial charge is 0.300 e. The topological polar surface area (TPSA) is 121 Å². The van der Waals surface area contributed by atoms with E-state index in [2.05, 4.69) is 14.7 Å². The van der Waals surface area contributed by atoms with Gasteiger partial charge in [0.15, 0.2) is 0 Å². The molecule has 0 unspecified atom stereocenters. The van der Waals surface area contributed by atoms with E-state index in [9.17, 15) is 22.0 Å². The fourth-order valence-corrected chi connectivity index (χ4v) is 4.41. The number of fused-ring (bicyclic) bond motifs is 1. The molecule has 0 fully saturated rings. The van der Waals surface area contributed by atoms with Crippen molar-refractivity contribution in [2.24, 2.45) is 0 Å². The first-order valence-corrected chi connectivity index (χ1v) is 11.9. The second kappa shape index (κ2) is 10.3. The van der Waals surface area contributed by atoms with E-state index in [1.54, 1.807) is 12.1 Å². The molecule has 4 rings (SSSR count). The number of benzene rings is 1. The van der Waals surface area contributed by atoms with Crippen LogP contribution in [0.5, 0.6) is 11.6 Å². The van der Waals surface area contributed by atoms with E-state index in [-0.39, 0.29) is 23.9 Å². The molecule has 0 saturated carbocycles. The second-order valence-corrected chi connectivity index (χ2v) is 9.03. The summed E-state index contributed by atoms with van der Waals surface area (Å²) in [5.41, 5.74) is 0.710. The molecule has 3 aromatic heterocycles. The average molecular weight is 518 g/mol. The maximum absolute atomic E-state index is 14.1. The molecule has 0 saturated heterocycles. The minimum absolute atomic E-state index is 0.0318. The Morgan fingerprint density at radius 2 is 1.81 bits per heavy atom. The molecule has 0 radical (unpaired) electrons. The number of halogens is 2. The predicted molar refractivity (Wildman–Crippen MR) is 126 cm³/mol. The van der Waals surface area contributed by atoms with Gasteiger partial charge < -0.3 is 14.2 Å². The summed E-state index contributed by atoms with van der Waals surface area (Å²) in [4.78, 5) is 20.4. The molecule has 0 bridgehead atoms. The molecule has 36 heavy (non-hydrogen) atoms. The van der Waals surface area contributed by atoms with Crippen LogP contribution in [0.25, 0.3) is 16.8 Å². The third-order valence-corrected chi connectivity index (χ3v) is 6.42. The summed E-state index contributed by atoms with van der Waals surface area (Å²) < 4.78 is 71.9. The second-order valence-electron chi connectivity index (χ2n) is 7.38. The van der Waals surface area contributed by atoms with Crippen LogP contribution in [0.3, 0.4) is 0 Å². The third kappa shape index (κ3) is 5.11. The third-order valence-electron chi connectivity index (χ3n) is 5.02. The van der Waals surface area contributed by atoms with Crippen LogP contribution in [0.4, 0.5) is 14.5 Å². The van der Waals surface area contributed by atoms with E-state index in [1.165, 1.54) is 43.3 Å². The Balaban J connectivity index is 1.73. The highest BCUT2D eigenvalue weighted by atomic mass is 32.2. The van der Waals surface area contributed by atoms with Crippen molar-refractivity contribution in [2.45, 2.75) is 4.90 Å². The molecular formula is C23H20F2N4O6S. The van der Waals surface area contributed by atoms with Crippen molar-refractivity contribution < 1.29 is 31.4 Å². The summed E-state index contributed by atoms with van der Waals surface area (Å²) in [5, 5.41) is 0. The lowest BCUT2D eigenvalue weighted by atomic mass is 10.1. The molecule has 0 aliphatic carbocycles. The molecule has 0 atom stereocenters. The maximum atomic E-state index is 14.1. The van der Waals surface area contributed by atoms with Gasteiger partial charge in [0.1, 0.15) is 34.5 Å². The molecule has 0 aliphatic heterocycles. The molecule has 0 amide bonds. The van der Waals surface area contributed by atoms with E-state index in [0.717, 1.165) is 12.1 Å². The Bertz CT molecular complexity index is 1590. The van der Waals surface area contributed by atoms with Crippen LogP contribution in [0.1, 0.15) is 0 Å². The summed E-state index contributed by atoms with van der Waals surface area (Å²) in [5.74, 6) is -2.22. The molecule has 188 valence electrons. The molecule has 0 aliphatic rings. The number of sulfonamides is 1. The number of hydrogen-bond acceptors (Lipinski definition) is 8. The summed E-state index contributed by atoms with van der Waals surface area (Å²) in [7, 11) is -1.66. The molecule has 1 aromatic carbocycles. The maximum Gasteiger partial charge on any atom is 0.300 e. The van der Waals surface area contributed by atoms with Crippen molar-refractivity contribution in [3.63, 3.8) is 0 Å². The van der Waals surface area contributed by atoms with Gasteiger partial charge in [-0.05, 0) is 30.3 Å². The normalized spacial score (nSPS) is 11.4. The Morgan fingerprint density at radius 3 is 2.53 bits per heavy atom. The first-order chi connectivity index (χ1) is 17.2. The lowest BCUT2D eigenvalue weighted by Crippen LogP contribution is -2.19. The van der Waals surface area contributed by atoms with Gasteiger partial charge in [-0.1, -0.05) is 0 Å². The molecular weight excluding hydrogens is 498 g/mol. The van der Waals surface area contributed by atoms with Gasteiger partial charge in [-0.15, -0.1) is 0 Å². The first-order valence-electron chi connectivity index (χ1n) is 10.4. The monoisotopic (exact) mass is 518 g/mol. The van der Waals surface area contributed by atoms with Crippen molar-refractivity contribution in [1.29, 1.82) is 0 Å². The molecule has 13 heteroatoms. The largest absolute Gasteiger partial charge is 0.484 e. The van der Waals surface area contributed by atoms with E-state index < -0.39 is 32.1 Å². The molecule has 3 heterocycles. The zero-order valence-corrected chi connectivity index (χ0v) is 19.9. The van der Waals surface area contributed by atoms with Crippen LogP contribution in [0, 0.1) is 11.6 Å². The van der Waals surface area contributed by atoms with Crippen LogP contribution in [-0.4, -0.2) is 50.2 Å². The number of rotatable bonds is 9. The Labute approximate surface area is 204 Å². The van der Waals surface area contributed by atoms with Gasteiger partial charge in [0.2, 0.25) is 11.6 Å². The number of methoxy groups -OCH3 is 2. The summed E-state index contributed by atoms with van der Waals surface area (Å²) in [6.07, 6.45) is 4.23. The lowest BCUT2D eigenvalue weighted by molar-refractivity contribution is 0.145. The highest BCUT2D eigenvalue weighted by molar-refractivity contribution is 7.92. The molecule has 10 nitrogen and oxygen atoms in total. The number of hydrogen-bond donors (Lipinski definition) is 1. The summed E-state index contributed by atoms with van der Waals surface area (Å²) in [6, 6.07) is 6.77. The van der Waals surface area contributed by atoms with E-state index >= 15 is 0 Å². The summed E-state index contributed by atoms with van der Waals surface area (Å²) >= 11 is 0. The Kier molecular flexibility index (Phi) is 7.12. The summed E-state index contributed by atoms with van der Waals surface area (Å²) in [6.45, 7) is 0.458. The van der Waals surface area contributed by atoms with Crippen LogP contribution < -0.4 is 19.8 Å². The molecule has 0 spiro atoms. The number of nitrogens with one attached hydrogen (secondary N) is 1. The number of anilines is 1. The van der Waals surface area contributed by atoms with Crippen molar-refractivity contribution in [1.82, 2.24) is 14.4 Å². The Hall–Kier alpha value is -4.10. The van der Waals surface area contributed by atoms with Gasteiger partial charge >= 0.3 is 0 Å². The van der Waals surface area contributed by atoms with Crippen molar-refractivity contribution in [3.8, 4) is 22.8 Å². The highest BCUT2D eigenvalue weighted by Crippen LogP contribution is 2.30. The van der Waals surface area contributed by atoms with Crippen molar-refractivity contribution in [2.75, 3.05) is 32.2 Å². The van der Waals surface area contributed by atoms with Gasteiger partial charge in [0.25, 0.3) is 15.6 Å². The predicted octanol–water partition coefficient (Wildman–Crippen LogP) is 2.87. The lowest BCUT2D eigenvalue weighted by Gasteiger charge is -2.13. The highest BCUT2D eigenvalue weighted by Gasteiger charge is 2.22. The fourth-order valence-electron chi connectivity index (χ4n) is 3.30. The van der Waals surface area contributed by atoms with E-state index in [1.807, 2.05) is 0 Å². The van der Waals surface area contributed by atoms with Crippen LogP contribution in [0.2, 0.25) is 0 Å². The standard InChI is InChI=1S/C23H20F2N4O6S/c1-33-7-8-35-19-12-26-21-6-3-14(13-29(21)23(19)30)15-9-18(22(34-2)27-11-15)28-36(31,32)20-5-4-16(24)10-17(20)25/h3-6,9-13,28H,7-8H2,1-2H3. The first kappa shape index (κ1) is 25.0. The fraction of sp³-hybridized carbons (Fsp3) is 0.174. The molecule has 4 aromatic rings. The van der Waals surface area contributed by atoms with E-state index in [0.29, 0.717) is 29.4 Å². The van der Waals surface area contributed by atoms with E-state index in [4.69, 9.17) is 14.2 Å². The molecule has 1 N–H and O–H groups in total. The minimum atomic E-state index is -4.45. The van der Waals surface area contributed by atoms with Gasteiger partial charge in [0, 0.05) is 36.7 Å². The zero-order valence-electron chi connectivity index (χ0n) is 19.1. The van der Waals surface area contributed by atoms with Gasteiger partial charge in [-0.3, -0.25) is 13.9 Å². The average Bonchev–Trinajstić information content (AvgIpc) is 2.85. The van der Waals surface area contributed by atoms with Crippen LogP contribution >= 0.6 is 0 Å². The number of ether oxygens (including phenoxy) is 3. The van der Waals surface area contributed by atoms with Gasteiger partial charge in [-0.2, -0.15) is 0 Å². The van der Waals surface area contributed by atoms with Crippen LogP contribution in [0.15, 0.2) is 64.7 Å². The number of nitrogens with zero attached hydrogens (tertiary/aromatic N) is 3. The number of pyridine rings is 2. The van der Waals surface area contributed by atoms with Gasteiger partial charge in [-0.25, -0.2) is 27.2 Å². The number of aromatic nitrogens is 3. The Morgan fingerprint density at radius 1 is 1.00 bits per heavy atom. The quantitative estimate of drug-likeness (QED) is 0.336. The van der Waals surface area contributed by atoms with Crippen LogP contribution in [-0.2, 0) is 14.8 Å². The SMILES string of the molecule is COCCOc1cnc2ccc(-c3cnc(OC)c(NS(=O)(=O)c4ccc(F)cc4F)c3)cn2c1=O. The van der Waals surface area contributed by atoms with Gasteiger partial charge in [0.05, 0.1) is 19.9 Å². The van der Waals surface area contributed by atoms with Crippen molar-refractivity contribution >= 4 is 21.4 Å².